The van der Waals surface area contributed by atoms with Crippen LogP contribution < -0.4 is 5.32 Å². The molecule has 0 saturated carbocycles. The van der Waals surface area contributed by atoms with Crippen LogP contribution in [0.15, 0.2) is 22.8 Å². The number of pyridine rings is 1. The summed E-state index contributed by atoms with van der Waals surface area (Å²) in [7, 11) is 0. The highest BCUT2D eigenvalue weighted by molar-refractivity contribution is 9.10. The third-order valence-corrected chi connectivity index (χ3v) is 3.65. The van der Waals surface area contributed by atoms with Crippen molar-refractivity contribution in [1.29, 1.82) is 0 Å². The lowest BCUT2D eigenvalue weighted by molar-refractivity contribution is -0.130. The van der Waals surface area contributed by atoms with E-state index >= 15 is 0 Å². The Morgan fingerprint density at radius 1 is 1.30 bits per heavy atom. The van der Waals surface area contributed by atoms with E-state index in [-0.39, 0.29) is 11.8 Å². The predicted molar refractivity (Wildman–Crippen MR) is 79.3 cm³/mol. The molecule has 2 heterocycles. The van der Waals surface area contributed by atoms with Crippen molar-refractivity contribution in [1.82, 2.24) is 14.8 Å². The molecule has 0 spiro atoms. The molecule has 0 atom stereocenters. The molecule has 108 valence electrons. The van der Waals surface area contributed by atoms with Gasteiger partial charge in [0.2, 0.25) is 11.8 Å². The van der Waals surface area contributed by atoms with E-state index in [1.54, 1.807) is 24.1 Å². The molecular formula is C13H17BrN4O2. The van der Waals surface area contributed by atoms with Crippen LogP contribution in [0.1, 0.15) is 6.92 Å². The molecule has 20 heavy (non-hydrogen) atoms. The highest BCUT2D eigenvalue weighted by Crippen LogP contribution is 2.10. The molecule has 1 aromatic heterocycles. The number of nitrogens with one attached hydrogen (secondary N) is 1. The molecule has 2 amide bonds. The van der Waals surface area contributed by atoms with Crippen molar-refractivity contribution < 1.29 is 9.59 Å². The van der Waals surface area contributed by atoms with Crippen molar-refractivity contribution in [2.24, 2.45) is 0 Å². The first kappa shape index (κ1) is 14.9. The van der Waals surface area contributed by atoms with Crippen molar-refractivity contribution in [3.63, 3.8) is 0 Å². The molecule has 0 aromatic carbocycles. The summed E-state index contributed by atoms with van der Waals surface area (Å²) < 4.78 is 0.871. The smallest absolute Gasteiger partial charge is 0.239 e. The quantitative estimate of drug-likeness (QED) is 0.889. The first-order valence-electron chi connectivity index (χ1n) is 6.44. The molecule has 1 fully saturated rings. The summed E-state index contributed by atoms with van der Waals surface area (Å²) >= 11 is 3.29. The van der Waals surface area contributed by atoms with E-state index in [1.807, 2.05) is 11.0 Å². The van der Waals surface area contributed by atoms with E-state index in [9.17, 15) is 9.59 Å². The van der Waals surface area contributed by atoms with Gasteiger partial charge in [0.1, 0.15) is 5.82 Å². The molecule has 0 unspecified atom stereocenters. The average molecular weight is 341 g/mol. The van der Waals surface area contributed by atoms with Crippen molar-refractivity contribution in [3.05, 3.63) is 22.8 Å². The fraction of sp³-hybridized carbons (Fsp3) is 0.462. The lowest BCUT2D eigenvalue weighted by Gasteiger charge is -2.33. The molecular weight excluding hydrogens is 324 g/mol. The Morgan fingerprint density at radius 2 is 2.00 bits per heavy atom. The maximum Gasteiger partial charge on any atom is 0.239 e. The number of carbonyl (C=O) groups excluding carboxylic acids is 2. The molecule has 0 aliphatic carbocycles. The summed E-state index contributed by atoms with van der Waals surface area (Å²) in [6.07, 6.45) is 1.64. The summed E-state index contributed by atoms with van der Waals surface area (Å²) in [5, 5.41) is 2.76. The minimum atomic E-state index is -0.0869. The molecule has 6 nitrogen and oxygen atoms in total. The number of rotatable bonds is 3. The summed E-state index contributed by atoms with van der Waals surface area (Å²) in [5.74, 6) is 0.546. The standard InChI is InChI=1S/C13H17BrN4O2/c1-10(19)18-6-4-17(5-7-18)9-13(20)16-12-3-2-11(14)8-15-12/h2-3,8H,4-7,9H2,1H3,(H,15,16,20). The fourth-order valence-corrected chi connectivity index (χ4v) is 2.29. The minimum absolute atomic E-state index is 0.0869. The highest BCUT2D eigenvalue weighted by Gasteiger charge is 2.20. The fourth-order valence-electron chi connectivity index (χ4n) is 2.06. The van der Waals surface area contributed by atoms with Gasteiger partial charge in [0, 0.05) is 43.8 Å². The number of hydrogen-bond acceptors (Lipinski definition) is 4. The van der Waals surface area contributed by atoms with E-state index in [1.165, 1.54) is 0 Å². The van der Waals surface area contributed by atoms with Crippen molar-refractivity contribution in [3.8, 4) is 0 Å². The Morgan fingerprint density at radius 3 is 2.55 bits per heavy atom. The van der Waals surface area contributed by atoms with Crippen molar-refractivity contribution in [2.75, 3.05) is 38.0 Å². The summed E-state index contributed by atoms with van der Waals surface area (Å²) in [6, 6.07) is 3.57. The number of aromatic nitrogens is 1. The lowest BCUT2D eigenvalue weighted by Crippen LogP contribution is -2.49. The van der Waals surface area contributed by atoms with Crippen LogP contribution in [0.3, 0.4) is 0 Å². The Hall–Kier alpha value is -1.47. The van der Waals surface area contributed by atoms with Gasteiger partial charge in [-0.3, -0.25) is 14.5 Å². The van der Waals surface area contributed by atoms with E-state index in [4.69, 9.17) is 0 Å². The minimum Gasteiger partial charge on any atom is -0.340 e. The van der Waals surface area contributed by atoms with Crippen LogP contribution in [0, 0.1) is 0 Å². The second kappa shape index (κ2) is 6.81. The van der Waals surface area contributed by atoms with Crippen LogP contribution in [0.2, 0.25) is 0 Å². The maximum atomic E-state index is 11.9. The largest absolute Gasteiger partial charge is 0.340 e. The molecule has 0 bridgehead atoms. The SMILES string of the molecule is CC(=O)N1CCN(CC(=O)Nc2ccc(Br)cn2)CC1. The third-order valence-electron chi connectivity index (χ3n) is 3.18. The second-order valence-corrected chi connectivity index (χ2v) is 5.61. The average Bonchev–Trinajstić information content (AvgIpc) is 2.42. The van der Waals surface area contributed by atoms with Gasteiger partial charge in [0.25, 0.3) is 0 Å². The van der Waals surface area contributed by atoms with Crippen molar-refractivity contribution >= 4 is 33.6 Å². The van der Waals surface area contributed by atoms with E-state index in [2.05, 4.69) is 26.2 Å². The first-order valence-corrected chi connectivity index (χ1v) is 7.23. The predicted octanol–water partition coefficient (Wildman–Crippen LogP) is 0.947. The van der Waals surface area contributed by atoms with E-state index in [0.29, 0.717) is 25.5 Å². The Kier molecular flexibility index (Phi) is 5.08. The van der Waals surface area contributed by atoms with Gasteiger partial charge in [0.05, 0.1) is 6.54 Å². The van der Waals surface area contributed by atoms with Crippen LogP contribution in [-0.4, -0.2) is 59.3 Å². The van der Waals surface area contributed by atoms with Crippen LogP contribution in [-0.2, 0) is 9.59 Å². The molecule has 2 rings (SSSR count). The van der Waals surface area contributed by atoms with Crippen LogP contribution in [0.5, 0.6) is 0 Å². The van der Waals surface area contributed by atoms with Crippen molar-refractivity contribution in [2.45, 2.75) is 6.92 Å². The van der Waals surface area contributed by atoms with Gasteiger partial charge < -0.3 is 10.2 Å². The van der Waals surface area contributed by atoms with Crippen LogP contribution in [0.4, 0.5) is 5.82 Å². The monoisotopic (exact) mass is 340 g/mol. The van der Waals surface area contributed by atoms with Gasteiger partial charge in [-0.15, -0.1) is 0 Å². The van der Waals surface area contributed by atoms with Gasteiger partial charge in [-0.25, -0.2) is 4.98 Å². The number of nitrogens with zero attached hydrogens (tertiary/aromatic N) is 3. The second-order valence-electron chi connectivity index (χ2n) is 4.69. The number of carbonyl (C=O) groups is 2. The Labute approximate surface area is 126 Å². The maximum absolute atomic E-state index is 11.9. The highest BCUT2D eigenvalue weighted by atomic mass is 79.9. The Bertz CT molecular complexity index is 484. The molecule has 7 heteroatoms. The molecule has 1 N–H and O–H groups in total. The van der Waals surface area contributed by atoms with E-state index in [0.717, 1.165) is 17.6 Å². The number of hydrogen-bond donors (Lipinski definition) is 1. The number of anilines is 1. The third kappa shape index (κ3) is 4.28. The van der Waals surface area contributed by atoms with Crippen LogP contribution >= 0.6 is 15.9 Å². The molecule has 0 radical (unpaired) electrons. The molecule has 1 aliphatic heterocycles. The molecule has 1 aromatic rings. The van der Waals surface area contributed by atoms with Gasteiger partial charge in [-0.2, -0.15) is 0 Å². The number of piperazine rings is 1. The topological polar surface area (TPSA) is 65.5 Å². The molecule has 1 saturated heterocycles. The van der Waals surface area contributed by atoms with Gasteiger partial charge >= 0.3 is 0 Å². The molecule has 1 aliphatic rings. The van der Waals surface area contributed by atoms with Gasteiger partial charge in [0.15, 0.2) is 0 Å². The Balaban J connectivity index is 1.78. The van der Waals surface area contributed by atoms with Gasteiger partial charge in [-0.05, 0) is 28.1 Å². The summed E-state index contributed by atoms with van der Waals surface area (Å²) in [4.78, 5) is 31.0. The van der Waals surface area contributed by atoms with Gasteiger partial charge in [-0.1, -0.05) is 0 Å². The summed E-state index contributed by atoms with van der Waals surface area (Å²) in [6.45, 7) is 4.70. The first-order chi connectivity index (χ1) is 9.54. The zero-order valence-corrected chi connectivity index (χ0v) is 12.9. The zero-order valence-electron chi connectivity index (χ0n) is 11.3. The zero-order chi connectivity index (χ0) is 14.5. The normalized spacial score (nSPS) is 16.0. The summed E-state index contributed by atoms with van der Waals surface area (Å²) in [5.41, 5.74) is 0. The number of halogens is 1. The van der Waals surface area contributed by atoms with Crippen LogP contribution in [0.25, 0.3) is 0 Å². The number of amides is 2. The lowest BCUT2D eigenvalue weighted by atomic mass is 10.3. The van der Waals surface area contributed by atoms with E-state index < -0.39 is 0 Å².